The minimum atomic E-state index is -0.196. The van der Waals surface area contributed by atoms with Gasteiger partial charge in [-0.05, 0) is 12.3 Å². The van der Waals surface area contributed by atoms with Crippen LogP contribution in [0, 0.1) is 5.92 Å². The van der Waals surface area contributed by atoms with Gasteiger partial charge in [-0.1, -0.05) is 13.8 Å². The smallest absolute Gasteiger partial charge is 0.217 e. The Labute approximate surface area is 51.6 Å². The van der Waals surface area contributed by atoms with Crippen LogP contribution >= 0.6 is 0 Å². The van der Waals surface area contributed by atoms with Crippen LogP contribution in [-0.2, 0) is 4.79 Å². The summed E-state index contributed by atoms with van der Waals surface area (Å²) >= 11 is 0. The van der Waals surface area contributed by atoms with Crippen molar-refractivity contribution in [1.82, 2.24) is 0 Å². The van der Waals surface area contributed by atoms with Crippen LogP contribution in [0.5, 0.6) is 0 Å². The van der Waals surface area contributed by atoms with Crippen molar-refractivity contribution in [2.45, 2.75) is 26.7 Å². The van der Waals surface area contributed by atoms with Gasteiger partial charge in [0.2, 0.25) is 5.91 Å². The van der Waals surface area contributed by atoms with E-state index in [1.54, 1.807) is 0 Å². The maximum atomic E-state index is 10.1. The Hall–Kier alpha value is -0.530. The van der Waals surface area contributed by atoms with Crippen LogP contribution in [0.15, 0.2) is 0 Å². The summed E-state index contributed by atoms with van der Waals surface area (Å²) in [5.41, 5.74) is 4.90. The summed E-state index contributed by atoms with van der Waals surface area (Å²) in [7, 11) is 0. The highest BCUT2D eigenvalue weighted by molar-refractivity contribution is 5.73. The molecule has 0 radical (unpaired) electrons. The molecule has 0 aliphatic carbocycles. The highest BCUT2D eigenvalue weighted by Gasteiger charge is 1.96. The number of carbonyl (C=O) groups is 1. The molecule has 0 rings (SSSR count). The third-order valence-corrected chi connectivity index (χ3v) is 0.968. The van der Waals surface area contributed by atoms with Gasteiger partial charge in [-0.15, -0.1) is 0 Å². The standard InChI is InChI=1S/C6H13NO.H2/c1-5(2)3-4-6(7)8;/h5H,3-4H2,1-2H3,(H2,7,8);1H. The summed E-state index contributed by atoms with van der Waals surface area (Å²) in [6, 6.07) is 0. The molecule has 50 valence electrons. The monoisotopic (exact) mass is 117 g/mol. The van der Waals surface area contributed by atoms with Crippen LogP contribution in [0.4, 0.5) is 0 Å². The Morgan fingerprint density at radius 2 is 2.25 bits per heavy atom. The molecular weight excluding hydrogens is 102 g/mol. The van der Waals surface area contributed by atoms with Crippen LogP contribution in [0.1, 0.15) is 28.1 Å². The molecule has 2 nitrogen and oxygen atoms in total. The average Bonchev–Trinajstić information content (AvgIpc) is 1.61. The molecule has 0 aromatic carbocycles. The Balaban J connectivity index is 0. The quantitative estimate of drug-likeness (QED) is 0.592. The van der Waals surface area contributed by atoms with E-state index in [0.717, 1.165) is 6.42 Å². The molecular formula is C6H15NO. The molecule has 0 aliphatic heterocycles. The highest BCUT2D eigenvalue weighted by Crippen LogP contribution is 2.01. The fraction of sp³-hybridized carbons (Fsp3) is 0.833. The summed E-state index contributed by atoms with van der Waals surface area (Å²) in [6.45, 7) is 4.14. The predicted octanol–water partition coefficient (Wildman–Crippen LogP) is 1.15. The molecule has 0 fully saturated rings. The van der Waals surface area contributed by atoms with Gasteiger partial charge in [-0.3, -0.25) is 4.79 Å². The van der Waals surface area contributed by atoms with Gasteiger partial charge >= 0.3 is 0 Å². The molecule has 0 saturated carbocycles. The second kappa shape index (κ2) is 3.47. The van der Waals surface area contributed by atoms with Crippen LogP contribution in [0.2, 0.25) is 0 Å². The maximum absolute atomic E-state index is 10.1. The summed E-state index contributed by atoms with van der Waals surface area (Å²) in [6.07, 6.45) is 1.44. The Kier molecular flexibility index (Phi) is 3.24. The second-order valence-corrected chi connectivity index (χ2v) is 2.40. The van der Waals surface area contributed by atoms with Crippen LogP contribution in [0.3, 0.4) is 0 Å². The van der Waals surface area contributed by atoms with E-state index in [0.29, 0.717) is 12.3 Å². The van der Waals surface area contributed by atoms with Crippen molar-refractivity contribution in [1.29, 1.82) is 0 Å². The first-order chi connectivity index (χ1) is 3.63. The van der Waals surface area contributed by atoms with Gasteiger partial charge in [0.25, 0.3) is 0 Å². The number of nitrogens with two attached hydrogens (primary N) is 1. The third-order valence-electron chi connectivity index (χ3n) is 0.968. The minimum absolute atomic E-state index is 0. The van der Waals surface area contributed by atoms with E-state index in [-0.39, 0.29) is 7.33 Å². The lowest BCUT2D eigenvalue weighted by molar-refractivity contribution is -0.118. The molecule has 2 N–H and O–H groups in total. The first-order valence-corrected chi connectivity index (χ1v) is 2.91. The van der Waals surface area contributed by atoms with Crippen molar-refractivity contribution in [3.63, 3.8) is 0 Å². The highest BCUT2D eigenvalue weighted by atomic mass is 16.1. The largest absolute Gasteiger partial charge is 0.370 e. The Bertz CT molecular complexity index is 83.1. The van der Waals surface area contributed by atoms with E-state index >= 15 is 0 Å². The van der Waals surface area contributed by atoms with Gasteiger partial charge in [0.1, 0.15) is 0 Å². The molecule has 0 bridgehead atoms. The molecule has 0 unspecified atom stereocenters. The van der Waals surface area contributed by atoms with Crippen LogP contribution < -0.4 is 5.73 Å². The van der Waals surface area contributed by atoms with E-state index in [9.17, 15) is 4.79 Å². The Morgan fingerprint density at radius 3 is 2.38 bits per heavy atom. The van der Waals surface area contributed by atoms with E-state index in [2.05, 4.69) is 13.8 Å². The van der Waals surface area contributed by atoms with Crippen molar-refractivity contribution in [3.8, 4) is 0 Å². The van der Waals surface area contributed by atoms with E-state index < -0.39 is 0 Å². The lowest BCUT2D eigenvalue weighted by Gasteiger charge is -1.98. The van der Waals surface area contributed by atoms with Crippen molar-refractivity contribution in [2.75, 3.05) is 0 Å². The maximum Gasteiger partial charge on any atom is 0.217 e. The summed E-state index contributed by atoms with van der Waals surface area (Å²) < 4.78 is 0. The molecule has 0 aromatic rings. The van der Waals surface area contributed by atoms with Crippen molar-refractivity contribution < 1.29 is 6.22 Å². The average molecular weight is 117 g/mol. The second-order valence-electron chi connectivity index (χ2n) is 2.40. The molecule has 0 saturated heterocycles. The normalized spacial score (nSPS) is 9.88. The van der Waals surface area contributed by atoms with Gasteiger partial charge in [-0.25, -0.2) is 0 Å². The van der Waals surface area contributed by atoms with Crippen molar-refractivity contribution >= 4 is 5.91 Å². The molecule has 0 aromatic heterocycles. The van der Waals surface area contributed by atoms with Gasteiger partial charge in [0.05, 0.1) is 0 Å². The number of primary amides is 1. The van der Waals surface area contributed by atoms with Crippen molar-refractivity contribution in [2.24, 2.45) is 11.7 Å². The van der Waals surface area contributed by atoms with Gasteiger partial charge in [0, 0.05) is 7.85 Å². The molecule has 0 heterocycles. The SMILES string of the molecule is CC(C)CCC(N)=O.[HH]. The lowest BCUT2D eigenvalue weighted by atomic mass is 10.1. The van der Waals surface area contributed by atoms with Gasteiger partial charge < -0.3 is 5.73 Å². The predicted molar refractivity (Wildman–Crippen MR) is 35.4 cm³/mol. The zero-order valence-electron chi connectivity index (χ0n) is 5.48. The van der Waals surface area contributed by atoms with E-state index in [4.69, 9.17) is 5.73 Å². The van der Waals surface area contributed by atoms with Gasteiger partial charge in [-0.2, -0.15) is 0 Å². The zero-order valence-corrected chi connectivity index (χ0v) is 5.48. The lowest BCUT2D eigenvalue weighted by Crippen LogP contribution is -2.10. The van der Waals surface area contributed by atoms with Crippen LogP contribution in [-0.4, -0.2) is 5.91 Å². The number of carbonyl (C=O) groups excluding carboxylic acids is 1. The number of hydrogen-bond acceptors (Lipinski definition) is 1. The molecule has 1 amide bonds. The fourth-order valence-electron chi connectivity index (χ4n) is 0.431. The molecule has 0 spiro atoms. The summed E-state index contributed by atoms with van der Waals surface area (Å²) in [4.78, 5) is 10.1. The molecule has 0 atom stereocenters. The van der Waals surface area contributed by atoms with E-state index in [1.165, 1.54) is 0 Å². The third kappa shape index (κ3) is 5.47. The summed E-state index contributed by atoms with van der Waals surface area (Å²) in [5.74, 6) is 0.390. The minimum Gasteiger partial charge on any atom is -0.370 e. The zero-order chi connectivity index (χ0) is 6.57. The van der Waals surface area contributed by atoms with Gasteiger partial charge in [0.15, 0.2) is 0 Å². The van der Waals surface area contributed by atoms with Crippen LogP contribution in [0.25, 0.3) is 0 Å². The first kappa shape index (κ1) is 7.47. The number of amides is 1. The molecule has 8 heavy (non-hydrogen) atoms. The topological polar surface area (TPSA) is 43.1 Å². The fourth-order valence-corrected chi connectivity index (χ4v) is 0.431. The van der Waals surface area contributed by atoms with E-state index in [1.807, 2.05) is 0 Å². The van der Waals surface area contributed by atoms with Crippen molar-refractivity contribution in [3.05, 3.63) is 0 Å². The number of hydrogen-bond donors (Lipinski definition) is 1. The molecule has 2 heteroatoms. The Morgan fingerprint density at radius 1 is 1.75 bits per heavy atom. The number of rotatable bonds is 3. The summed E-state index contributed by atoms with van der Waals surface area (Å²) in [5, 5.41) is 0. The molecule has 0 aliphatic rings. The first-order valence-electron chi connectivity index (χ1n) is 2.91.